The van der Waals surface area contributed by atoms with Crippen molar-refractivity contribution in [1.29, 1.82) is 0 Å². The van der Waals surface area contributed by atoms with Crippen LogP contribution in [0.3, 0.4) is 0 Å². The summed E-state index contributed by atoms with van der Waals surface area (Å²) in [6.45, 7) is 5.24. The predicted octanol–water partition coefficient (Wildman–Crippen LogP) is 2.45. The zero-order chi connectivity index (χ0) is 17.8. The molecule has 1 aliphatic heterocycles. The third kappa shape index (κ3) is 3.62. The molecule has 134 valence electrons. The van der Waals surface area contributed by atoms with Crippen LogP contribution in [0.5, 0.6) is 0 Å². The van der Waals surface area contributed by atoms with Crippen LogP contribution in [0.4, 0.5) is 4.79 Å². The monoisotopic (exact) mass is 342 g/mol. The van der Waals surface area contributed by atoms with Gasteiger partial charge in [0.25, 0.3) is 5.91 Å². The lowest BCUT2D eigenvalue weighted by atomic mass is 10.1. The van der Waals surface area contributed by atoms with Gasteiger partial charge in [-0.3, -0.25) is 4.79 Å². The van der Waals surface area contributed by atoms with E-state index in [1.807, 2.05) is 58.8 Å². The van der Waals surface area contributed by atoms with Crippen molar-refractivity contribution in [1.82, 2.24) is 19.7 Å². The fourth-order valence-electron chi connectivity index (χ4n) is 3.35. The summed E-state index contributed by atoms with van der Waals surface area (Å²) in [5, 5.41) is 3.90. The van der Waals surface area contributed by atoms with Gasteiger partial charge in [0.2, 0.25) is 0 Å². The lowest BCUT2D eigenvalue weighted by Crippen LogP contribution is -2.42. The number of carbonyl (C=O) groups excluding carboxylic acids is 2. The molecule has 1 aromatic carbocycles. The van der Waals surface area contributed by atoms with Gasteiger partial charge in [-0.1, -0.05) is 25.1 Å². The Bertz CT molecular complexity index is 768. The molecule has 2 heterocycles. The summed E-state index contributed by atoms with van der Waals surface area (Å²) in [5.74, 6) is 0.0487. The summed E-state index contributed by atoms with van der Waals surface area (Å²) in [6, 6.07) is 7.93. The van der Waals surface area contributed by atoms with Crippen LogP contribution in [0.15, 0.2) is 30.5 Å². The third-order valence-electron chi connectivity index (χ3n) is 4.72. The lowest BCUT2D eigenvalue weighted by molar-refractivity contribution is 0.0764. The first-order chi connectivity index (χ1) is 12.1. The number of hydrogen-bond acceptors (Lipinski definition) is 2. The molecule has 1 aliphatic rings. The number of carbonyl (C=O) groups is 2. The van der Waals surface area contributed by atoms with Gasteiger partial charge in [0, 0.05) is 56.9 Å². The number of aromatic nitrogens is 1. The standard InChI is InChI=1S/C19H26N4O2/c1-3-9-20-19(25)23-11-6-10-22(12-13-23)18(24)16-14-21(2)17-8-5-4-7-15(16)17/h4-5,7-8,14H,3,6,9-13H2,1-2H3,(H,20,25). The van der Waals surface area contributed by atoms with E-state index in [1.165, 1.54) is 0 Å². The van der Waals surface area contributed by atoms with Crippen molar-refractivity contribution in [2.45, 2.75) is 19.8 Å². The van der Waals surface area contributed by atoms with E-state index in [9.17, 15) is 9.59 Å². The molecule has 0 bridgehead atoms. The molecule has 1 fully saturated rings. The molecule has 1 aromatic heterocycles. The number of aryl methyl sites for hydroxylation is 1. The number of nitrogens with one attached hydrogen (secondary N) is 1. The molecule has 0 aliphatic carbocycles. The molecular weight excluding hydrogens is 316 g/mol. The van der Waals surface area contributed by atoms with E-state index in [0.29, 0.717) is 32.7 Å². The van der Waals surface area contributed by atoms with Gasteiger partial charge in [-0.25, -0.2) is 4.79 Å². The van der Waals surface area contributed by atoms with E-state index < -0.39 is 0 Å². The first-order valence-corrected chi connectivity index (χ1v) is 8.98. The minimum Gasteiger partial charge on any atom is -0.350 e. The largest absolute Gasteiger partial charge is 0.350 e. The molecule has 1 N–H and O–H groups in total. The third-order valence-corrected chi connectivity index (χ3v) is 4.72. The molecule has 1 saturated heterocycles. The molecule has 0 unspecified atom stereocenters. The van der Waals surface area contributed by atoms with Gasteiger partial charge in [-0.05, 0) is 18.9 Å². The molecule has 0 spiro atoms. The van der Waals surface area contributed by atoms with Gasteiger partial charge >= 0.3 is 6.03 Å². The van der Waals surface area contributed by atoms with Crippen LogP contribution in [0, 0.1) is 0 Å². The Balaban J connectivity index is 1.72. The molecule has 6 nitrogen and oxygen atoms in total. The van der Waals surface area contributed by atoms with Crippen LogP contribution in [-0.4, -0.2) is 59.0 Å². The summed E-state index contributed by atoms with van der Waals surface area (Å²) in [5.41, 5.74) is 1.79. The minimum atomic E-state index is -0.0266. The number of urea groups is 1. The van der Waals surface area contributed by atoms with E-state index in [4.69, 9.17) is 0 Å². The van der Waals surface area contributed by atoms with Crippen LogP contribution in [0.25, 0.3) is 10.9 Å². The van der Waals surface area contributed by atoms with Crippen molar-refractivity contribution in [3.05, 3.63) is 36.0 Å². The highest BCUT2D eigenvalue weighted by Gasteiger charge is 2.24. The van der Waals surface area contributed by atoms with E-state index in [-0.39, 0.29) is 11.9 Å². The average molecular weight is 342 g/mol. The Labute approximate surface area is 148 Å². The fourth-order valence-corrected chi connectivity index (χ4v) is 3.35. The van der Waals surface area contributed by atoms with Crippen LogP contribution in [0.2, 0.25) is 0 Å². The Kier molecular flexibility index (Phi) is 5.26. The quantitative estimate of drug-likeness (QED) is 0.931. The van der Waals surface area contributed by atoms with Crippen molar-refractivity contribution in [2.75, 3.05) is 32.7 Å². The number of hydrogen-bond donors (Lipinski definition) is 1. The molecule has 2 aromatic rings. The normalized spacial score (nSPS) is 15.3. The van der Waals surface area contributed by atoms with Crippen molar-refractivity contribution < 1.29 is 9.59 Å². The van der Waals surface area contributed by atoms with Crippen LogP contribution < -0.4 is 5.32 Å². The highest BCUT2D eigenvalue weighted by molar-refractivity contribution is 6.07. The maximum absolute atomic E-state index is 13.0. The number of amides is 3. The summed E-state index contributed by atoms with van der Waals surface area (Å²) in [4.78, 5) is 28.8. The van der Waals surface area contributed by atoms with Crippen molar-refractivity contribution in [3.8, 4) is 0 Å². The van der Waals surface area contributed by atoms with Crippen molar-refractivity contribution >= 4 is 22.8 Å². The molecular formula is C19H26N4O2. The smallest absolute Gasteiger partial charge is 0.317 e. The molecule has 6 heteroatoms. The molecule has 0 radical (unpaired) electrons. The molecule has 0 atom stereocenters. The Morgan fingerprint density at radius 2 is 1.80 bits per heavy atom. The van der Waals surface area contributed by atoms with Crippen molar-refractivity contribution in [2.24, 2.45) is 7.05 Å². The number of para-hydroxylation sites is 1. The number of benzene rings is 1. The first kappa shape index (κ1) is 17.3. The van der Waals surface area contributed by atoms with Gasteiger partial charge in [0.05, 0.1) is 5.56 Å². The summed E-state index contributed by atoms with van der Waals surface area (Å²) >= 11 is 0. The molecule has 3 amide bonds. The average Bonchev–Trinajstić information content (AvgIpc) is 2.81. The predicted molar refractivity (Wildman–Crippen MR) is 98.7 cm³/mol. The minimum absolute atomic E-state index is 0.0266. The summed E-state index contributed by atoms with van der Waals surface area (Å²) in [7, 11) is 1.96. The summed E-state index contributed by atoms with van der Waals surface area (Å²) in [6.07, 6.45) is 3.63. The van der Waals surface area contributed by atoms with Gasteiger partial charge < -0.3 is 19.7 Å². The second kappa shape index (κ2) is 7.59. The zero-order valence-electron chi connectivity index (χ0n) is 15.0. The maximum Gasteiger partial charge on any atom is 0.317 e. The number of nitrogens with zero attached hydrogens (tertiary/aromatic N) is 3. The maximum atomic E-state index is 13.0. The van der Waals surface area contributed by atoms with Gasteiger partial charge in [-0.2, -0.15) is 0 Å². The molecule has 25 heavy (non-hydrogen) atoms. The topological polar surface area (TPSA) is 57.6 Å². The first-order valence-electron chi connectivity index (χ1n) is 8.98. The second-order valence-corrected chi connectivity index (χ2v) is 6.54. The van der Waals surface area contributed by atoms with Crippen LogP contribution in [-0.2, 0) is 7.05 Å². The number of fused-ring (bicyclic) bond motifs is 1. The zero-order valence-corrected chi connectivity index (χ0v) is 15.0. The Morgan fingerprint density at radius 3 is 2.60 bits per heavy atom. The highest BCUT2D eigenvalue weighted by Crippen LogP contribution is 2.22. The molecule has 3 rings (SSSR count). The summed E-state index contributed by atoms with van der Waals surface area (Å²) < 4.78 is 1.99. The lowest BCUT2D eigenvalue weighted by Gasteiger charge is -2.22. The Hall–Kier alpha value is -2.50. The van der Waals surface area contributed by atoms with Crippen LogP contribution >= 0.6 is 0 Å². The van der Waals surface area contributed by atoms with E-state index in [2.05, 4.69) is 5.32 Å². The van der Waals surface area contributed by atoms with E-state index in [1.54, 1.807) is 0 Å². The second-order valence-electron chi connectivity index (χ2n) is 6.54. The van der Waals surface area contributed by atoms with Gasteiger partial charge in [-0.15, -0.1) is 0 Å². The highest BCUT2D eigenvalue weighted by atomic mass is 16.2. The van der Waals surface area contributed by atoms with Crippen molar-refractivity contribution in [3.63, 3.8) is 0 Å². The van der Waals surface area contributed by atoms with E-state index in [0.717, 1.165) is 29.3 Å². The Morgan fingerprint density at radius 1 is 1.08 bits per heavy atom. The number of rotatable bonds is 3. The van der Waals surface area contributed by atoms with Gasteiger partial charge in [0.1, 0.15) is 0 Å². The van der Waals surface area contributed by atoms with E-state index >= 15 is 0 Å². The van der Waals surface area contributed by atoms with Gasteiger partial charge in [0.15, 0.2) is 0 Å². The fraction of sp³-hybridized carbons (Fsp3) is 0.474. The molecule has 0 saturated carbocycles. The van der Waals surface area contributed by atoms with Crippen LogP contribution in [0.1, 0.15) is 30.1 Å². The SMILES string of the molecule is CCCNC(=O)N1CCCN(C(=O)c2cn(C)c3ccccc23)CC1.